The van der Waals surface area contributed by atoms with Crippen LogP contribution in [0.1, 0.15) is 10.5 Å². The van der Waals surface area contributed by atoms with Crippen LogP contribution in [0, 0.1) is 0 Å². The van der Waals surface area contributed by atoms with Crippen LogP contribution in [0.4, 0.5) is 5.82 Å². The Labute approximate surface area is 119 Å². The van der Waals surface area contributed by atoms with Gasteiger partial charge in [0.1, 0.15) is 5.82 Å². The molecule has 0 saturated carbocycles. The molecule has 0 unspecified atom stereocenters. The van der Waals surface area contributed by atoms with E-state index in [0.29, 0.717) is 37.9 Å². The maximum atomic E-state index is 11.2. The Morgan fingerprint density at radius 2 is 2.15 bits per heavy atom. The van der Waals surface area contributed by atoms with Crippen LogP contribution in [0.5, 0.6) is 0 Å². The Kier molecular flexibility index (Phi) is 3.62. The van der Waals surface area contributed by atoms with E-state index in [-0.39, 0.29) is 5.69 Å². The van der Waals surface area contributed by atoms with E-state index in [2.05, 4.69) is 9.97 Å². The van der Waals surface area contributed by atoms with E-state index >= 15 is 0 Å². The standard InChI is InChI=1S/C13H13N3O3S/c17-13(18)9-8-11(16-3-5-19-6-4-16)15-12(14-9)10-2-1-7-20-10/h1-2,7-8H,3-6H2,(H,17,18). The van der Waals surface area contributed by atoms with Crippen molar-refractivity contribution in [1.82, 2.24) is 9.97 Å². The van der Waals surface area contributed by atoms with E-state index in [4.69, 9.17) is 4.74 Å². The largest absolute Gasteiger partial charge is 0.477 e. The number of hydrogen-bond acceptors (Lipinski definition) is 6. The highest BCUT2D eigenvalue weighted by atomic mass is 32.1. The predicted octanol–water partition coefficient (Wildman–Crippen LogP) is 1.74. The first-order valence-electron chi connectivity index (χ1n) is 6.23. The van der Waals surface area contributed by atoms with Gasteiger partial charge in [-0.05, 0) is 11.4 Å². The number of anilines is 1. The van der Waals surface area contributed by atoms with Crippen LogP contribution in [0.15, 0.2) is 23.6 Å². The Hall–Kier alpha value is -1.99. The summed E-state index contributed by atoms with van der Waals surface area (Å²) in [6.45, 7) is 2.67. The second-order valence-electron chi connectivity index (χ2n) is 4.32. The average Bonchev–Trinajstić information content (AvgIpc) is 3.02. The number of hydrogen-bond donors (Lipinski definition) is 1. The van der Waals surface area contributed by atoms with Crippen molar-refractivity contribution in [3.8, 4) is 10.7 Å². The van der Waals surface area contributed by atoms with Gasteiger partial charge in [0.2, 0.25) is 0 Å². The Morgan fingerprint density at radius 3 is 2.80 bits per heavy atom. The molecule has 0 aromatic carbocycles. The molecule has 0 atom stereocenters. The first-order chi connectivity index (χ1) is 9.74. The van der Waals surface area contributed by atoms with E-state index in [1.807, 2.05) is 22.4 Å². The van der Waals surface area contributed by atoms with Crippen molar-refractivity contribution in [2.75, 3.05) is 31.2 Å². The summed E-state index contributed by atoms with van der Waals surface area (Å²) in [7, 11) is 0. The van der Waals surface area contributed by atoms with Gasteiger partial charge in [0.25, 0.3) is 0 Å². The van der Waals surface area contributed by atoms with E-state index in [0.717, 1.165) is 4.88 Å². The van der Waals surface area contributed by atoms with Crippen molar-refractivity contribution in [2.24, 2.45) is 0 Å². The average molecular weight is 291 g/mol. The van der Waals surface area contributed by atoms with Crippen LogP contribution in [0.3, 0.4) is 0 Å². The number of ether oxygens (including phenoxy) is 1. The minimum Gasteiger partial charge on any atom is -0.477 e. The van der Waals surface area contributed by atoms with Gasteiger partial charge in [0, 0.05) is 19.2 Å². The van der Waals surface area contributed by atoms with Crippen molar-refractivity contribution in [3.05, 3.63) is 29.3 Å². The number of aromatic carboxylic acids is 1. The summed E-state index contributed by atoms with van der Waals surface area (Å²) >= 11 is 1.49. The number of carboxylic acids is 1. The van der Waals surface area contributed by atoms with Crippen molar-refractivity contribution in [2.45, 2.75) is 0 Å². The monoisotopic (exact) mass is 291 g/mol. The fourth-order valence-corrected chi connectivity index (χ4v) is 2.67. The second kappa shape index (κ2) is 5.56. The minimum absolute atomic E-state index is 0.0184. The zero-order valence-corrected chi connectivity index (χ0v) is 11.5. The predicted molar refractivity (Wildman–Crippen MR) is 75.3 cm³/mol. The maximum absolute atomic E-state index is 11.2. The Balaban J connectivity index is 2.02. The van der Waals surface area contributed by atoms with Crippen LogP contribution >= 0.6 is 11.3 Å². The third-order valence-electron chi connectivity index (χ3n) is 3.01. The van der Waals surface area contributed by atoms with Gasteiger partial charge in [-0.15, -0.1) is 11.3 Å². The topological polar surface area (TPSA) is 75.5 Å². The molecule has 20 heavy (non-hydrogen) atoms. The Bertz CT molecular complexity index is 609. The van der Waals surface area contributed by atoms with E-state index in [1.54, 1.807) is 0 Å². The van der Waals surface area contributed by atoms with Gasteiger partial charge in [0.15, 0.2) is 11.5 Å². The second-order valence-corrected chi connectivity index (χ2v) is 5.26. The number of rotatable bonds is 3. The normalized spacial score (nSPS) is 15.3. The fourth-order valence-electron chi connectivity index (χ4n) is 2.01. The number of carbonyl (C=O) groups is 1. The molecular weight excluding hydrogens is 278 g/mol. The summed E-state index contributed by atoms with van der Waals surface area (Å²) in [4.78, 5) is 22.7. The van der Waals surface area contributed by atoms with Gasteiger partial charge >= 0.3 is 5.97 Å². The molecule has 1 aliphatic heterocycles. The fraction of sp³-hybridized carbons (Fsp3) is 0.308. The molecule has 2 aromatic heterocycles. The van der Waals surface area contributed by atoms with Crippen LogP contribution in [0.25, 0.3) is 10.7 Å². The molecule has 0 radical (unpaired) electrons. The lowest BCUT2D eigenvalue weighted by atomic mass is 10.3. The zero-order valence-electron chi connectivity index (χ0n) is 10.7. The smallest absolute Gasteiger partial charge is 0.354 e. The molecule has 1 N–H and O–H groups in total. The summed E-state index contributed by atoms with van der Waals surface area (Å²) in [6, 6.07) is 5.30. The van der Waals surface area contributed by atoms with Crippen LogP contribution in [0.2, 0.25) is 0 Å². The summed E-state index contributed by atoms with van der Waals surface area (Å²) in [6.07, 6.45) is 0. The molecule has 1 fully saturated rings. The highest BCUT2D eigenvalue weighted by molar-refractivity contribution is 7.13. The molecule has 7 heteroatoms. The minimum atomic E-state index is -1.04. The molecule has 1 aliphatic rings. The van der Waals surface area contributed by atoms with Crippen molar-refractivity contribution < 1.29 is 14.6 Å². The molecule has 2 aromatic rings. The lowest BCUT2D eigenvalue weighted by Gasteiger charge is -2.28. The van der Waals surface area contributed by atoms with E-state index < -0.39 is 5.97 Å². The summed E-state index contributed by atoms with van der Waals surface area (Å²) in [5.74, 6) is 0.0604. The van der Waals surface area contributed by atoms with Gasteiger partial charge in [-0.25, -0.2) is 14.8 Å². The first kappa shape index (κ1) is 13.0. The van der Waals surface area contributed by atoms with Gasteiger partial charge < -0.3 is 14.7 Å². The molecule has 0 amide bonds. The number of carboxylic acid groups (broad SMARTS) is 1. The van der Waals surface area contributed by atoms with Gasteiger partial charge in [-0.2, -0.15) is 0 Å². The number of aromatic nitrogens is 2. The SMILES string of the molecule is O=C(O)c1cc(N2CCOCC2)nc(-c2cccs2)n1. The van der Waals surface area contributed by atoms with Gasteiger partial charge in [-0.3, -0.25) is 0 Å². The van der Waals surface area contributed by atoms with E-state index in [1.165, 1.54) is 17.4 Å². The quantitative estimate of drug-likeness (QED) is 0.928. The molecule has 0 aliphatic carbocycles. The van der Waals surface area contributed by atoms with Crippen LogP contribution in [-0.4, -0.2) is 47.3 Å². The van der Waals surface area contributed by atoms with E-state index in [9.17, 15) is 9.90 Å². The molecular formula is C13H13N3O3S. The molecule has 3 heterocycles. The maximum Gasteiger partial charge on any atom is 0.354 e. The van der Waals surface area contributed by atoms with Crippen LogP contribution in [-0.2, 0) is 4.74 Å². The Morgan fingerprint density at radius 1 is 1.35 bits per heavy atom. The highest BCUT2D eigenvalue weighted by Gasteiger charge is 2.18. The molecule has 0 spiro atoms. The molecule has 1 saturated heterocycles. The third kappa shape index (κ3) is 2.63. The summed E-state index contributed by atoms with van der Waals surface area (Å²) < 4.78 is 5.30. The lowest BCUT2D eigenvalue weighted by Crippen LogP contribution is -2.37. The number of nitrogens with zero attached hydrogens (tertiary/aromatic N) is 3. The molecule has 104 valence electrons. The van der Waals surface area contributed by atoms with Crippen molar-refractivity contribution in [3.63, 3.8) is 0 Å². The number of thiophene rings is 1. The van der Waals surface area contributed by atoms with Gasteiger partial charge in [0.05, 0.1) is 18.1 Å². The summed E-state index contributed by atoms with van der Waals surface area (Å²) in [5.41, 5.74) is 0.0184. The van der Waals surface area contributed by atoms with Gasteiger partial charge in [-0.1, -0.05) is 6.07 Å². The molecule has 6 nitrogen and oxygen atoms in total. The summed E-state index contributed by atoms with van der Waals surface area (Å²) in [5, 5.41) is 11.1. The molecule has 3 rings (SSSR count). The number of morpholine rings is 1. The van der Waals surface area contributed by atoms with Crippen molar-refractivity contribution in [1.29, 1.82) is 0 Å². The van der Waals surface area contributed by atoms with Crippen LogP contribution < -0.4 is 4.90 Å². The zero-order chi connectivity index (χ0) is 13.9. The first-order valence-corrected chi connectivity index (χ1v) is 7.11. The lowest BCUT2D eigenvalue weighted by molar-refractivity contribution is 0.0690. The molecule has 0 bridgehead atoms. The highest BCUT2D eigenvalue weighted by Crippen LogP contribution is 2.24. The third-order valence-corrected chi connectivity index (χ3v) is 3.87. The van der Waals surface area contributed by atoms with Crippen molar-refractivity contribution >= 4 is 23.1 Å².